The molecule has 1 aliphatic rings. The van der Waals surface area contributed by atoms with Crippen molar-refractivity contribution < 1.29 is 14.6 Å². The zero-order chi connectivity index (χ0) is 8.97. The molecule has 1 unspecified atom stereocenters. The Hall–Kier alpha value is -0.570. The predicted octanol–water partition coefficient (Wildman–Crippen LogP) is 0.958. The SMILES string of the molecule is COC(=O)C(CO)C1CCCC1. The molecule has 1 atom stereocenters. The number of carbonyl (C=O) groups is 1. The van der Waals surface area contributed by atoms with Gasteiger partial charge in [0.25, 0.3) is 0 Å². The van der Waals surface area contributed by atoms with Crippen molar-refractivity contribution in [3.8, 4) is 0 Å². The van der Waals surface area contributed by atoms with E-state index < -0.39 is 0 Å². The summed E-state index contributed by atoms with van der Waals surface area (Å²) in [6.45, 7) is -0.0721. The molecule has 70 valence electrons. The van der Waals surface area contributed by atoms with E-state index in [2.05, 4.69) is 4.74 Å². The van der Waals surface area contributed by atoms with E-state index in [-0.39, 0.29) is 18.5 Å². The number of esters is 1. The molecule has 0 saturated heterocycles. The molecular formula is C9H16O3. The molecule has 0 heterocycles. The Kier molecular flexibility index (Phi) is 3.53. The van der Waals surface area contributed by atoms with Crippen molar-refractivity contribution in [3.05, 3.63) is 0 Å². The first-order valence-electron chi connectivity index (χ1n) is 4.48. The van der Waals surface area contributed by atoms with Crippen LogP contribution >= 0.6 is 0 Å². The summed E-state index contributed by atoms with van der Waals surface area (Å²) in [5.74, 6) is -0.190. The molecule has 3 heteroatoms. The van der Waals surface area contributed by atoms with Crippen molar-refractivity contribution in [2.75, 3.05) is 13.7 Å². The van der Waals surface area contributed by atoms with Crippen LogP contribution in [0, 0.1) is 11.8 Å². The highest BCUT2D eigenvalue weighted by atomic mass is 16.5. The quantitative estimate of drug-likeness (QED) is 0.645. The van der Waals surface area contributed by atoms with Crippen molar-refractivity contribution in [2.24, 2.45) is 11.8 Å². The fourth-order valence-corrected chi connectivity index (χ4v) is 1.93. The first-order chi connectivity index (χ1) is 5.79. The van der Waals surface area contributed by atoms with Crippen LogP contribution in [0.2, 0.25) is 0 Å². The monoisotopic (exact) mass is 172 g/mol. The summed E-state index contributed by atoms with van der Waals surface area (Å²) in [5, 5.41) is 8.99. The third-order valence-electron chi connectivity index (χ3n) is 2.67. The third kappa shape index (κ3) is 1.97. The molecule has 1 rings (SSSR count). The fourth-order valence-electron chi connectivity index (χ4n) is 1.93. The van der Waals surface area contributed by atoms with E-state index in [4.69, 9.17) is 5.11 Å². The molecule has 0 bridgehead atoms. The minimum absolute atomic E-state index is 0.0721. The van der Waals surface area contributed by atoms with Crippen molar-refractivity contribution in [1.29, 1.82) is 0 Å². The van der Waals surface area contributed by atoms with Crippen molar-refractivity contribution >= 4 is 5.97 Å². The molecule has 1 aliphatic carbocycles. The number of aliphatic hydroxyl groups is 1. The largest absolute Gasteiger partial charge is 0.469 e. The van der Waals surface area contributed by atoms with Gasteiger partial charge in [0, 0.05) is 0 Å². The highest BCUT2D eigenvalue weighted by Crippen LogP contribution is 2.31. The topological polar surface area (TPSA) is 46.5 Å². The van der Waals surface area contributed by atoms with Crippen LogP contribution in [0.15, 0.2) is 0 Å². The Bertz CT molecular complexity index is 150. The maximum Gasteiger partial charge on any atom is 0.311 e. The van der Waals surface area contributed by atoms with Crippen LogP contribution in [0.1, 0.15) is 25.7 Å². The van der Waals surface area contributed by atoms with Gasteiger partial charge in [0.1, 0.15) is 0 Å². The summed E-state index contributed by atoms with van der Waals surface area (Å²) < 4.78 is 4.62. The molecule has 12 heavy (non-hydrogen) atoms. The van der Waals surface area contributed by atoms with Crippen molar-refractivity contribution in [3.63, 3.8) is 0 Å². The van der Waals surface area contributed by atoms with Crippen LogP contribution in [0.3, 0.4) is 0 Å². The van der Waals surface area contributed by atoms with E-state index >= 15 is 0 Å². The Labute approximate surface area is 72.7 Å². The lowest BCUT2D eigenvalue weighted by Crippen LogP contribution is -2.26. The van der Waals surface area contributed by atoms with E-state index in [1.54, 1.807) is 0 Å². The molecule has 1 N–H and O–H groups in total. The van der Waals surface area contributed by atoms with Crippen LogP contribution in [0.4, 0.5) is 0 Å². The number of carbonyl (C=O) groups excluding carboxylic acids is 1. The maximum absolute atomic E-state index is 11.1. The van der Waals surface area contributed by atoms with Gasteiger partial charge in [0.15, 0.2) is 0 Å². The molecular weight excluding hydrogens is 156 g/mol. The van der Waals surface area contributed by atoms with Crippen molar-refractivity contribution in [1.82, 2.24) is 0 Å². The molecule has 0 aliphatic heterocycles. The molecule has 0 aromatic rings. The van der Waals surface area contributed by atoms with Gasteiger partial charge in [-0.2, -0.15) is 0 Å². The summed E-state index contributed by atoms with van der Waals surface area (Å²) in [7, 11) is 1.37. The molecule has 0 amide bonds. The number of aliphatic hydroxyl groups excluding tert-OH is 1. The zero-order valence-electron chi connectivity index (χ0n) is 7.45. The lowest BCUT2D eigenvalue weighted by molar-refractivity contribution is -0.149. The van der Waals surface area contributed by atoms with Gasteiger partial charge in [0.05, 0.1) is 19.6 Å². The minimum Gasteiger partial charge on any atom is -0.469 e. The Balaban J connectivity index is 2.48. The van der Waals surface area contributed by atoms with E-state index in [1.807, 2.05) is 0 Å². The van der Waals surface area contributed by atoms with Gasteiger partial charge in [-0.15, -0.1) is 0 Å². The van der Waals surface area contributed by atoms with Gasteiger partial charge >= 0.3 is 5.97 Å². The lowest BCUT2D eigenvalue weighted by atomic mass is 9.92. The second-order valence-corrected chi connectivity index (χ2v) is 3.36. The Morgan fingerprint density at radius 2 is 2.17 bits per heavy atom. The summed E-state index contributed by atoms with van der Waals surface area (Å²) in [4.78, 5) is 11.1. The van der Waals surface area contributed by atoms with E-state index in [1.165, 1.54) is 20.0 Å². The highest BCUT2D eigenvalue weighted by Gasteiger charge is 2.30. The number of rotatable bonds is 3. The smallest absolute Gasteiger partial charge is 0.311 e. The van der Waals surface area contributed by atoms with Gasteiger partial charge in [-0.05, 0) is 18.8 Å². The molecule has 0 aromatic heterocycles. The number of ether oxygens (including phenoxy) is 1. The summed E-state index contributed by atoms with van der Waals surface area (Å²) in [5.41, 5.74) is 0. The van der Waals surface area contributed by atoms with E-state index in [0.29, 0.717) is 5.92 Å². The average Bonchev–Trinajstić information content (AvgIpc) is 2.58. The van der Waals surface area contributed by atoms with Gasteiger partial charge in [-0.25, -0.2) is 0 Å². The zero-order valence-corrected chi connectivity index (χ0v) is 7.45. The van der Waals surface area contributed by atoms with Crippen LogP contribution in [-0.4, -0.2) is 24.8 Å². The first-order valence-corrected chi connectivity index (χ1v) is 4.48. The fraction of sp³-hybridized carbons (Fsp3) is 0.889. The number of hydrogen-bond acceptors (Lipinski definition) is 3. The van der Waals surface area contributed by atoms with Gasteiger partial charge in [-0.1, -0.05) is 12.8 Å². The van der Waals surface area contributed by atoms with Crippen LogP contribution in [0.25, 0.3) is 0 Å². The molecule has 0 radical (unpaired) electrons. The second kappa shape index (κ2) is 4.45. The maximum atomic E-state index is 11.1. The number of hydrogen-bond donors (Lipinski definition) is 1. The predicted molar refractivity (Wildman–Crippen MR) is 44.5 cm³/mol. The normalized spacial score (nSPS) is 20.8. The molecule has 0 spiro atoms. The Morgan fingerprint density at radius 1 is 1.58 bits per heavy atom. The first kappa shape index (κ1) is 9.52. The molecule has 1 fully saturated rings. The van der Waals surface area contributed by atoms with Gasteiger partial charge < -0.3 is 9.84 Å². The molecule has 0 aromatic carbocycles. The van der Waals surface area contributed by atoms with Crippen LogP contribution < -0.4 is 0 Å². The van der Waals surface area contributed by atoms with Crippen LogP contribution in [0.5, 0.6) is 0 Å². The number of methoxy groups -OCH3 is 1. The van der Waals surface area contributed by atoms with Gasteiger partial charge in [0.2, 0.25) is 0 Å². The summed E-state index contributed by atoms with van der Waals surface area (Å²) in [6.07, 6.45) is 4.47. The van der Waals surface area contributed by atoms with Gasteiger partial charge in [-0.3, -0.25) is 4.79 Å². The van der Waals surface area contributed by atoms with E-state index in [0.717, 1.165) is 12.8 Å². The third-order valence-corrected chi connectivity index (χ3v) is 2.67. The Morgan fingerprint density at radius 3 is 2.58 bits per heavy atom. The summed E-state index contributed by atoms with van der Waals surface area (Å²) >= 11 is 0. The second-order valence-electron chi connectivity index (χ2n) is 3.36. The highest BCUT2D eigenvalue weighted by molar-refractivity contribution is 5.72. The minimum atomic E-state index is -0.280. The standard InChI is InChI=1S/C9H16O3/c1-12-9(11)8(6-10)7-4-2-3-5-7/h7-8,10H,2-6H2,1H3. The van der Waals surface area contributed by atoms with Crippen LogP contribution in [-0.2, 0) is 9.53 Å². The average molecular weight is 172 g/mol. The van der Waals surface area contributed by atoms with E-state index in [9.17, 15) is 4.79 Å². The lowest BCUT2D eigenvalue weighted by Gasteiger charge is -2.17. The molecule has 3 nitrogen and oxygen atoms in total. The van der Waals surface area contributed by atoms with Crippen molar-refractivity contribution in [2.45, 2.75) is 25.7 Å². The summed E-state index contributed by atoms with van der Waals surface area (Å²) in [6, 6.07) is 0. The molecule has 1 saturated carbocycles.